The summed E-state index contributed by atoms with van der Waals surface area (Å²) in [5.74, 6) is -0.473. The van der Waals surface area contributed by atoms with Crippen LogP contribution >= 0.6 is 0 Å². The first-order valence-electron chi connectivity index (χ1n) is 5.19. The van der Waals surface area contributed by atoms with E-state index in [1.165, 1.54) is 6.08 Å². The van der Waals surface area contributed by atoms with E-state index in [9.17, 15) is 9.59 Å². The number of hydrogen-bond acceptors (Lipinski definition) is 4. The Kier molecular flexibility index (Phi) is 4.91. The number of aliphatic imine (C=N–C) groups is 1. The molecule has 1 rings (SSSR count). The highest BCUT2D eigenvalue weighted by molar-refractivity contribution is 5.75. The lowest BCUT2D eigenvalue weighted by Gasteiger charge is -2.08. The van der Waals surface area contributed by atoms with E-state index in [4.69, 9.17) is 9.84 Å². The molecule has 0 amide bonds. The van der Waals surface area contributed by atoms with Gasteiger partial charge in [0.05, 0.1) is 6.61 Å². The van der Waals surface area contributed by atoms with Crippen LogP contribution in [-0.2, 0) is 16.0 Å². The minimum Gasteiger partial charge on any atom is -0.494 e. The Hall–Kier alpha value is -2.13. The number of carbonyl (C=O) groups excluding carboxylic acids is 1. The van der Waals surface area contributed by atoms with Crippen LogP contribution < -0.4 is 4.74 Å². The van der Waals surface area contributed by atoms with Gasteiger partial charge < -0.3 is 9.84 Å². The minimum atomic E-state index is -1.14. The van der Waals surface area contributed by atoms with E-state index in [-0.39, 0.29) is 6.42 Å². The maximum atomic E-state index is 10.8. The van der Waals surface area contributed by atoms with Crippen molar-refractivity contribution in [2.75, 3.05) is 6.61 Å². The number of aliphatic carboxylic acids is 1. The number of carboxylic acids is 1. The fraction of sp³-hybridized carbons (Fsp3) is 0.333. The van der Waals surface area contributed by atoms with Gasteiger partial charge in [-0.3, -0.25) is 0 Å². The Balaban J connectivity index is 2.81. The summed E-state index contributed by atoms with van der Waals surface area (Å²) in [4.78, 5) is 24.1. The smallest absolute Gasteiger partial charge is 0.329 e. The summed E-state index contributed by atoms with van der Waals surface area (Å²) in [5.41, 5.74) is 0.752. The number of ether oxygens (including phenoxy) is 1. The molecule has 0 saturated carbocycles. The van der Waals surface area contributed by atoms with Crippen molar-refractivity contribution in [1.82, 2.24) is 0 Å². The van der Waals surface area contributed by atoms with E-state index in [2.05, 4.69) is 4.99 Å². The number of isocyanates is 1. The molecule has 0 radical (unpaired) electrons. The fourth-order valence-corrected chi connectivity index (χ4v) is 1.40. The molecule has 0 unspecified atom stereocenters. The van der Waals surface area contributed by atoms with Crippen LogP contribution in [0.15, 0.2) is 29.3 Å². The molecule has 0 fully saturated rings. The predicted octanol–water partition coefficient (Wildman–Crippen LogP) is 1.42. The summed E-state index contributed by atoms with van der Waals surface area (Å²) in [6, 6.07) is 5.96. The molecule has 0 bridgehead atoms. The first-order valence-corrected chi connectivity index (χ1v) is 5.19. The van der Waals surface area contributed by atoms with Gasteiger partial charge in [-0.05, 0) is 24.6 Å². The van der Waals surface area contributed by atoms with Gasteiger partial charge in [-0.25, -0.2) is 9.59 Å². The summed E-state index contributed by atoms with van der Waals surface area (Å²) in [7, 11) is 0. The van der Waals surface area contributed by atoms with E-state index < -0.39 is 12.0 Å². The van der Waals surface area contributed by atoms with Crippen LogP contribution in [0.4, 0.5) is 0 Å². The number of nitrogens with zero attached hydrogens (tertiary/aromatic N) is 1. The molecular formula is C12H13NO4. The molecule has 0 saturated heterocycles. The van der Waals surface area contributed by atoms with E-state index >= 15 is 0 Å². The van der Waals surface area contributed by atoms with Gasteiger partial charge in [0, 0.05) is 6.42 Å². The average Bonchev–Trinajstić information content (AvgIpc) is 2.29. The Labute approximate surface area is 98.7 Å². The molecule has 1 aromatic carbocycles. The van der Waals surface area contributed by atoms with E-state index in [1.54, 1.807) is 24.3 Å². The lowest BCUT2D eigenvalue weighted by atomic mass is 10.1. The van der Waals surface area contributed by atoms with Crippen molar-refractivity contribution in [3.8, 4) is 5.75 Å². The molecule has 5 nitrogen and oxygen atoms in total. The second-order valence-corrected chi connectivity index (χ2v) is 3.36. The molecule has 90 valence electrons. The topological polar surface area (TPSA) is 76.0 Å². The SMILES string of the molecule is CCOc1cccc(C[C@H](N=C=O)C(=O)O)c1. The van der Waals surface area contributed by atoms with Gasteiger partial charge in [0.15, 0.2) is 6.04 Å². The van der Waals surface area contributed by atoms with Crippen molar-refractivity contribution >= 4 is 12.0 Å². The number of carbonyl (C=O) groups is 1. The van der Waals surface area contributed by atoms with Gasteiger partial charge in [-0.1, -0.05) is 12.1 Å². The lowest BCUT2D eigenvalue weighted by molar-refractivity contribution is -0.138. The van der Waals surface area contributed by atoms with Crippen LogP contribution in [0.1, 0.15) is 12.5 Å². The second-order valence-electron chi connectivity index (χ2n) is 3.36. The molecule has 0 aliphatic carbocycles. The molecule has 1 aromatic rings. The van der Waals surface area contributed by atoms with Crippen molar-refractivity contribution in [2.45, 2.75) is 19.4 Å². The summed E-state index contributed by atoms with van der Waals surface area (Å²) in [6.45, 7) is 2.40. The largest absolute Gasteiger partial charge is 0.494 e. The maximum Gasteiger partial charge on any atom is 0.329 e. The summed E-state index contributed by atoms with van der Waals surface area (Å²) >= 11 is 0. The van der Waals surface area contributed by atoms with Crippen molar-refractivity contribution in [1.29, 1.82) is 0 Å². The lowest BCUT2D eigenvalue weighted by Crippen LogP contribution is -2.20. The second kappa shape index (κ2) is 6.45. The highest BCUT2D eigenvalue weighted by Crippen LogP contribution is 2.15. The molecule has 1 N–H and O–H groups in total. The summed E-state index contributed by atoms with van der Waals surface area (Å²) in [5, 5.41) is 8.83. The fourth-order valence-electron chi connectivity index (χ4n) is 1.40. The van der Waals surface area contributed by atoms with Crippen LogP contribution in [0.3, 0.4) is 0 Å². The molecule has 0 aliphatic heterocycles. The third-order valence-electron chi connectivity index (χ3n) is 2.13. The first-order chi connectivity index (χ1) is 8.17. The van der Waals surface area contributed by atoms with Gasteiger partial charge in [0.1, 0.15) is 5.75 Å². The van der Waals surface area contributed by atoms with Gasteiger partial charge >= 0.3 is 5.97 Å². The molecule has 5 heteroatoms. The molecule has 0 aliphatic rings. The summed E-state index contributed by atoms with van der Waals surface area (Å²) < 4.78 is 5.29. The maximum absolute atomic E-state index is 10.8. The Morgan fingerprint density at radius 1 is 1.59 bits per heavy atom. The monoisotopic (exact) mass is 235 g/mol. The highest BCUT2D eigenvalue weighted by atomic mass is 16.5. The number of benzene rings is 1. The van der Waals surface area contributed by atoms with Crippen LogP contribution in [0.25, 0.3) is 0 Å². The molecule has 0 heterocycles. The molecular weight excluding hydrogens is 222 g/mol. The van der Waals surface area contributed by atoms with Gasteiger partial charge in [0.2, 0.25) is 6.08 Å². The van der Waals surface area contributed by atoms with Crippen LogP contribution in [0.2, 0.25) is 0 Å². The first kappa shape index (κ1) is 12.9. The Morgan fingerprint density at radius 2 is 2.35 bits per heavy atom. The molecule has 0 aromatic heterocycles. The molecule has 17 heavy (non-hydrogen) atoms. The van der Waals surface area contributed by atoms with Crippen molar-refractivity contribution in [2.24, 2.45) is 4.99 Å². The Morgan fingerprint density at radius 3 is 2.94 bits per heavy atom. The highest BCUT2D eigenvalue weighted by Gasteiger charge is 2.16. The van der Waals surface area contributed by atoms with Crippen molar-refractivity contribution in [3.05, 3.63) is 29.8 Å². The van der Waals surface area contributed by atoms with E-state index in [1.807, 2.05) is 6.92 Å². The Bertz CT molecular complexity index is 436. The zero-order valence-electron chi connectivity index (χ0n) is 9.42. The van der Waals surface area contributed by atoms with Crippen molar-refractivity contribution < 1.29 is 19.4 Å². The zero-order valence-corrected chi connectivity index (χ0v) is 9.42. The minimum absolute atomic E-state index is 0.144. The van der Waals surface area contributed by atoms with Gasteiger partial charge in [0.25, 0.3) is 0 Å². The van der Waals surface area contributed by atoms with Crippen molar-refractivity contribution in [3.63, 3.8) is 0 Å². The quantitative estimate of drug-likeness (QED) is 0.597. The zero-order chi connectivity index (χ0) is 12.7. The number of hydrogen-bond donors (Lipinski definition) is 1. The normalized spacial score (nSPS) is 11.4. The predicted molar refractivity (Wildman–Crippen MR) is 60.9 cm³/mol. The number of rotatable bonds is 6. The van der Waals surface area contributed by atoms with E-state index in [0.717, 1.165) is 5.56 Å². The summed E-state index contributed by atoms with van der Waals surface area (Å²) in [6.07, 6.45) is 1.42. The average molecular weight is 235 g/mol. The van der Waals surface area contributed by atoms with E-state index in [0.29, 0.717) is 12.4 Å². The number of carboxylic acid groups (broad SMARTS) is 1. The molecule has 1 atom stereocenters. The standard InChI is InChI=1S/C12H13NO4/c1-2-17-10-5-3-4-9(6-10)7-11(12(15)16)13-8-14/h3-6,11H,2,7H2,1H3,(H,15,16)/t11-/m0/s1. The van der Waals surface area contributed by atoms with Gasteiger partial charge in [-0.2, -0.15) is 4.99 Å². The van der Waals surface area contributed by atoms with Gasteiger partial charge in [-0.15, -0.1) is 0 Å². The van der Waals surface area contributed by atoms with Crippen LogP contribution in [-0.4, -0.2) is 29.8 Å². The third-order valence-corrected chi connectivity index (χ3v) is 2.13. The van der Waals surface area contributed by atoms with Crippen LogP contribution in [0.5, 0.6) is 5.75 Å². The van der Waals surface area contributed by atoms with Crippen LogP contribution in [0, 0.1) is 0 Å². The molecule has 0 spiro atoms. The third kappa shape index (κ3) is 4.09.